The van der Waals surface area contributed by atoms with Crippen molar-refractivity contribution in [2.24, 2.45) is 0 Å². The summed E-state index contributed by atoms with van der Waals surface area (Å²) >= 11 is 0. The second-order valence-corrected chi connectivity index (χ2v) is 2.72. The van der Waals surface area contributed by atoms with Gasteiger partial charge in [0.1, 0.15) is 0 Å². The molecule has 0 aliphatic rings. The van der Waals surface area contributed by atoms with Crippen LogP contribution in [0.3, 0.4) is 0 Å². The third kappa shape index (κ3) is 1.98. The molecule has 0 bridgehead atoms. The number of aromatic nitrogens is 4. The molecule has 0 amide bonds. The Morgan fingerprint density at radius 1 is 1.14 bits per heavy atom. The van der Waals surface area contributed by atoms with Gasteiger partial charge in [-0.25, -0.2) is 4.98 Å². The Hall–Kier alpha value is -2.10. The van der Waals surface area contributed by atoms with Gasteiger partial charge in [-0.2, -0.15) is 5.10 Å². The highest BCUT2D eigenvalue weighted by Gasteiger charge is 1.88. The summed E-state index contributed by atoms with van der Waals surface area (Å²) in [6.45, 7) is 0. The van der Waals surface area contributed by atoms with Gasteiger partial charge in [-0.3, -0.25) is 5.10 Å². The standard InChI is InChI=1S/C7H6N2.C3H4N2/c1-2-4-7-6(3-1)5-8-9-7;1-2-5-3-4-1/h1-5H,(H,8,9);1-3H,(H,4,5). The first-order valence-electron chi connectivity index (χ1n) is 4.27. The van der Waals surface area contributed by atoms with Crippen LogP contribution in [0, 0.1) is 0 Å². The SMILES string of the molecule is c1c[nH]cn1.c1ccc2[nH]ncc2c1. The van der Waals surface area contributed by atoms with Crippen LogP contribution in [-0.4, -0.2) is 20.2 Å². The molecule has 14 heavy (non-hydrogen) atoms. The first kappa shape index (κ1) is 8.50. The average Bonchev–Trinajstić information content (AvgIpc) is 2.92. The molecule has 4 heteroatoms. The highest BCUT2D eigenvalue weighted by molar-refractivity contribution is 5.77. The van der Waals surface area contributed by atoms with Crippen LogP contribution in [-0.2, 0) is 0 Å². The van der Waals surface area contributed by atoms with E-state index in [2.05, 4.69) is 20.2 Å². The van der Waals surface area contributed by atoms with Gasteiger partial charge in [-0.1, -0.05) is 18.2 Å². The molecule has 4 nitrogen and oxygen atoms in total. The summed E-state index contributed by atoms with van der Waals surface area (Å²) in [6, 6.07) is 8.01. The van der Waals surface area contributed by atoms with Crippen molar-refractivity contribution in [3.63, 3.8) is 0 Å². The molecule has 0 spiro atoms. The number of rotatable bonds is 0. The fourth-order valence-electron chi connectivity index (χ4n) is 1.10. The van der Waals surface area contributed by atoms with Gasteiger partial charge in [-0.05, 0) is 6.07 Å². The van der Waals surface area contributed by atoms with Crippen molar-refractivity contribution >= 4 is 10.9 Å². The topological polar surface area (TPSA) is 57.4 Å². The maximum atomic E-state index is 3.88. The molecule has 1 aromatic carbocycles. The van der Waals surface area contributed by atoms with E-state index < -0.39 is 0 Å². The molecule has 2 N–H and O–H groups in total. The van der Waals surface area contributed by atoms with Crippen LogP contribution in [0.5, 0.6) is 0 Å². The van der Waals surface area contributed by atoms with Gasteiger partial charge < -0.3 is 4.98 Å². The van der Waals surface area contributed by atoms with Crippen LogP contribution >= 0.6 is 0 Å². The zero-order valence-corrected chi connectivity index (χ0v) is 7.51. The van der Waals surface area contributed by atoms with Crippen molar-refractivity contribution in [1.82, 2.24) is 20.2 Å². The second-order valence-electron chi connectivity index (χ2n) is 2.72. The second kappa shape index (κ2) is 4.23. The predicted octanol–water partition coefficient (Wildman–Crippen LogP) is 1.97. The number of hydrogen-bond donors (Lipinski definition) is 2. The quantitative estimate of drug-likeness (QED) is 0.564. The summed E-state index contributed by atoms with van der Waals surface area (Å²) in [5.41, 5.74) is 1.09. The van der Waals surface area contributed by atoms with E-state index in [9.17, 15) is 0 Å². The summed E-state index contributed by atoms with van der Waals surface area (Å²) < 4.78 is 0. The summed E-state index contributed by atoms with van der Waals surface area (Å²) in [4.78, 5) is 6.42. The number of H-pyrrole nitrogens is 2. The first-order chi connectivity index (χ1) is 6.97. The molecule has 70 valence electrons. The number of benzene rings is 1. The van der Waals surface area contributed by atoms with E-state index >= 15 is 0 Å². The first-order valence-corrected chi connectivity index (χ1v) is 4.27. The number of para-hydroxylation sites is 1. The molecule has 0 atom stereocenters. The van der Waals surface area contributed by atoms with Gasteiger partial charge >= 0.3 is 0 Å². The average molecular weight is 186 g/mol. The van der Waals surface area contributed by atoms with E-state index in [-0.39, 0.29) is 0 Å². The predicted molar refractivity (Wildman–Crippen MR) is 54.7 cm³/mol. The molecule has 0 radical (unpaired) electrons. The van der Waals surface area contributed by atoms with Gasteiger partial charge in [0, 0.05) is 17.8 Å². The minimum atomic E-state index is 1.09. The molecule has 3 aromatic rings. The zero-order chi connectivity index (χ0) is 9.64. The minimum absolute atomic E-state index is 1.09. The Morgan fingerprint density at radius 3 is 2.71 bits per heavy atom. The van der Waals surface area contributed by atoms with E-state index in [1.807, 2.05) is 30.5 Å². The number of aromatic amines is 2. The van der Waals surface area contributed by atoms with Crippen LogP contribution in [0.2, 0.25) is 0 Å². The summed E-state index contributed by atoms with van der Waals surface area (Å²) in [6.07, 6.45) is 6.90. The lowest BCUT2D eigenvalue weighted by Crippen LogP contribution is -1.63. The van der Waals surface area contributed by atoms with Crippen LogP contribution in [0.1, 0.15) is 0 Å². The lowest BCUT2D eigenvalue weighted by molar-refractivity contribution is 1.12. The van der Waals surface area contributed by atoms with E-state index in [0.717, 1.165) is 10.9 Å². The van der Waals surface area contributed by atoms with E-state index in [4.69, 9.17) is 0 Å². The fraction of sp³-hybridized carbons (Fsp3) is 0. The molecule has 0 unspecified atom stereocenters. The highest BCUT2D eigenvalue weighted by Crippen LogP contribution is 2.06. The number of imidazole rings is 1. The lowest BCUT2D eigenvalue weighted by Gasteiger charge is -1.81. The van der Waals surface area contributed by atoms with Crippen LogP contribution in [0.25, 0.3) is 10.9 Å². The van der Waals surface area contributed by atoms with Gasteiger partial charge in [-0.15, -0.1) is 0 Å². The maximum Gasteiger partial charge on any atom is 0.0919 e. The third-order valence-corrected chi connectivity index (χ3v) is 1.76. The number of hydrogen-bond acceptors (Lipinski definition) is 2. The molecule has 0 aliphatic heterocycles. The molecule has 0 fully saturated rings. The molecule has 0 saturated carbocycles. The van der Waals surface area contributed by atoms with E-state index in [1.54, 1.807) is 18.7 Å². The number of nitrogens with zero attached hydrogens (tertiary/aromatic N) is 2. The summed E-state index contributed by atoms with van der Waals surface area (Å²) in [5.74, 6) is 0. The largest absolute Gasteiger partial charge is 0.351 e. The van der Waals surface area contributed by atoms with E-state index in [1.165, 1.54) is 0 Å². The van der Waals surface area contributed by atoms with Gasteiger partial charge in [0.25, 0.3) is 0 Å². The molecule has 2 heterocycles. The molecule has 0 aliphatic carbocycles. The molecule has 0 saturated heterocycles. The third-order valence-electron chi connectivity index (χ3n) is 1.76. The maximum absolute atomic E-state index is 3.88. The smallest absolute Gasteiger partial charge is 0.0919 e. The molecular formula is C10H10N4. The molecule has 2 aromatic heterocycles. The molecular weight excluding hydrogens is 176 g/mol. The highest BCUT2D eigenvalue weighted by atomic mass is 15.1. The summed E-state index contributed by atoms with van der Waals surface area (Å²) in [5, 5.41) is 7.91. The minimum Gasteiger partial charge on any atom is -0.351 e. The number of nitrogens with one attached hydrogen (secondary N) is 2. The Balaban J connectivity index is 0.000000128. The van der Waals surface area contributed by atoms with E-state index in [0.29, 0.717) is 0 Å². The van der Waals surface area contributed by atoms with Gasteiger partial charge in [0.2, 0.25) is 0 Å². The lowest BCUT2D eigenvalue weighted by atomic mass is 10.3. The molecule has 3 rings (SSSR count). The van der Waals surface area contributed by atoms with Crippen molar-refractivity contribution < 1.29 is 0 Å². The van der Waals surface area contributed by atoms with Crippen LogP contribution < -0.4 is 0 Å². The van der Waals surface area contributed by atoms with Crippen molar-refractivity contribution in [3.05, 3.63) is 49.2 Å². The van der Waals surface area contributed by atoms with Crippen molar-refractivity contribution in [1.29, 1.82) is 0 Å². The Bertz CT molecular complexity index is 422. The number of fused-ring (bicyclic) bond motifs is 1. The van der Waals surface area contributed by atoms with Crippen molar-refractivity contribution in [2.75, 3.05) is 0 Å². The summed E-state index contributed by atoms with van der Waals surface area (Å²) in [7, 11) is 0. The zero-order valence-electron chi connectivity index (χ0n) is 7.51. The normalized spacial score (nSPS) is 9.43. The van der Waals surface area contributed by atoms with Crippen molar-refractivity contribution in [3.8, 4) is 0 Å². The van der Waals surface area contributed by atoms with Gasteiger partial charge in [0.15, 0.2) is 0 Å². The fourth-order valence-corrected chi connectivity index (χ4v) is 1.10. The van der Waals surface area contributed by atoms with Crippen LogP contribution in [0.4, 0.5) is 0 Å². The Kier molecular flexibility index (Phi) is 2.56. The van der Waals surface area contributed by atoms with Gasteiger partial charge in [0.05, 0.1) is 18.0 Å². The Morgan fingerprint density at radius 2 is 2.07 bits per heavy atom. The Labute approximate surface area is 81.0 Å². The monoisotopic (exact) mass is 186 g/mol. The van der Waals surface area contributed by atoms with Crippen molar-refractivity contribution in [2.45, 2.75) is 0 Å². The van der Waals surface area contributed by atoms with Crippen LogP contribution in [0.15, 0.2) is 49.2 Å².